The fraction of sp³-hybridized carbons (Fsp3) is 0.333. The molecule has 0 spiro atoms. The van der Waals surface area contributed by atoms with Crippen molar-refractivity contribution in [1.29, 1.82) is 0 Å². The van der Waals surface area contributed by atoms with Crippen molar-refractivity contribution in [1.82, 2.24) is 14.9 Å². The lowest BCUT2D eigenvalue weighted by molar-refractivity contribution is 0.427. The van der Waals surface area contributed by atoms with Crippen LogP contribution in [0.3, 0.4) is 0 Å². The molecule has 2 heterocycles. The average Bonchev–Trinajstić information content (AvgIpc) is 2.62. The largest absolute Gasteiger partial charge is 0.356 e. The van der Waals surface area contributed by atoms with Crippen molar-refractivity contribution in [3.8, 4) is 11.3 Å². The number of nitrogens with zero attached hydrogens (tertiary/aromatic N) is 3. The van der Waals surface area contributed by atoms with Crippen molar-refractivity contribution < 1.29 is 4.52 Å². The van der Waals surface area contributed by atoms with Gasteiger partial charge in [0, 0.05) is 18.8 Å². The molecule has 13 heavy (non-hydrogen) atoms. The molecule has 2 aromatic heterocycles. The van der Waals surface area contributed by atoms with Crippen LogP contribution < -0.4 is 0 Å². The van der Waals surface area contributed by atoms with E-state index in [1.54, 1.807) is 6.20 Å². The molecular weight excluding hydrogens is 166 g/mol. The lowest BCUT2D eigenvalue weighted by atomic mass is 10.2. The molecule has 0 fully saturated rings. The van der Waals surface area contributed by atoms with Gasteiger partial charge in [0.05, 0.1) is 17.5 Å². The summed E-state index contributed by atoms with van der Waals surface area (Å²) in [6.45, 7) is 3.90. The van der Waals surface area contributed by atoms with E-state index in [1.807, 2.05) is 31.6 Å². The fourth-order valence-electron chi connectivity index (χ4n) is 1.23. The molecule has 4 heteroatoms. The molecule has 0 amide bonds. The standard InChI is InChI=1S/C9H11N3O/c1-6-4-9(13-11-6)8-5-10-12(3)7(8)2/h4-5H,1-3H3. The molecule has 0 bridgehead atoms. The molecule has 0 aliphatic carbocycles. The normalized spacial score (nSPS) is 10.7. The highest BCUT2D eigenvalue weighted by Gasteiger charge is 2.10. The first-order chi connectivity index (χ1) is 6.18. The van der Waals surface area contributed by atoms with Crippen LogP contribution in [0.15, 0.2) is 16.8 Å². The monoisotopic (exact) mass is 177 g/mol. The molecular formula is C9H11N3O. The van der Waals surface area contributed by atoms with Crippen LogP contribution in [-0.4, -0.2) is 14.9 Å². The maximum absolute atomic E-state index is 5.14. The van der Waals surface area contributed by atoms with E-state index in [4.69, 9.17) is 4.52 Å². The van der Waals surface area contributed by atoms with Crippen LogP contribution in [0.5, 0.6) is 0 Å². The Bertz CT molecular complexity index is 428. The Morgan fingerprint density at radius 2 is 2.15 bits per heavy atom. The minimum atomic E-state index is 0.781. The third-order valence-electron chi connectivity index (χ3n) is 2.13. The second-order valence-corrected chi connectivity index (χ2v) is 3.10. The maximum Gasteiger partial charge on any atom is 0.170 e. The number of hydrogen-bond donors (Lipinski definition) is 0. The summed E-state index contributed by atoms with van der Waals surface area (Å²) < 4.78 is 6.95. The topological polar surface area (TPSA) is 43.9 Å². The smallest absolute Gasteiger partial charge is 0.170 e. The van der Waals surface area contributed by atoms with Gasteiger partial charge in [-0.2, -0.15) is 5.10 Å². The molecule has 68 valence electrons. The van der Waals surface area contributed by atoms with Crippen LogP contribution in [0.25, 0.3) is 11.3 Å². The molecule has 0 saturated heterocycles. The minimum absolute atomic E-state index is 0.781. The SMILES string of the molecule is Cc1cc(-c2cnn(C)c2C)on1. The van der Waals surface area contributed by atoms with Crippen molar-refractivity contribution in [2.24, 2.45) is 7.05 Å². The summed E-state index contributed by atoms with van der Waals surface area (Å²) in [5.74, 6) is 0.781. The summed E-state index contributed by atoms with van der Waals surface area (Å²) in [6.07, 6.45) is 1.79. The second kappa shape index (κ2) is 2.73. The van der Waals surface area contributed by atoms with E-state index >= 15 is 0 Å². The lowest BCUT2D eigenvalue weighted by Gasteiger charge is -1.94. The van der Waals surface area contributed by atoms with E-state index in [0.717, 1.165) is 22.7 Å². The van der Waals surface area contributed by atoms with E-state index in [2.05, 4.69) is 10.3 Å². The van der Waals surface area contributed by atoms with Crippen LogP contribution in [0, 0.1) is 13.8 Å². The van der Waals surface area contributed by atoms with Crippen molar-refractivity contribution in [3.63, 3.8) is 0 Å². The van der Waals surface area contributed by atoms with Gasteiger partial charge in [0.25, 0.3) is 0 Å². The van der Waals surface area contributed by atoms with Gasteiger partial charge in [-0.15, -0.1) is 0 Å². The molecule has 0 aromatic carbocycles. The van der Waals surface area contributed by atoms with Crippen molar-refractivity contribution >= 4 is 0 Å². The first kappa shape index (κ1) is 8.04. The molecule has 2 rings (SSSR count). The number of aryl methyl sites for hydroxylation is 2. The van der Waals surface area contributed by atoms with Crippen molar-refractivity contribution in [3.05, 3.63) is 23.7 Å². The highest BCUT2D eigenvalue weighted by molar-refractivity contribution is 5.59. The second-order valence-electron chi connectivity index (χ2n) is 3.10. The molecule has 0 radical (unpaired) electrons. The minimum Gasteiger partial charge on any atom is -0.356 e. The summed E-state index contributed by atoms with van der Waals surface area (Å²) in [5.41, 5.74) is 2.97. The van der Waals surface area contributed by atoms with Crippen molar-refractivity contribution in [2.45, 2.75) is 13.8 Å². The van der Waals surface area contributed by atoms with Crippen LogP contribution >= 0.6 is 0 Å². The predicted molar refractivity (Wildman–Crippen MR) is 48.2 cm³/mol. The van der Waals surface area contributed by atoms with Gasteiger partial charge in [0.1, 0.15) is 0 Å². The quantitative estimate of drug-likeness (QED) is 0.665. The first-order valence-corrected chi connectivity index (χ1v) is 4.11. The third kappa shape index (κ3) is 1.24. The van der Waals surface area contributed by atoms with E-state index in [0.29, 0.717) is 0 Å². The van der Waals surface area contributed by atoms with Gasteiger partial charge in [0.15, 0.2) is 5.76 Å². The third-order valence-corrected chi connectivity index (χ3v) is 2.13. The van der Waals surface area contributed by atoms with Gasteiger partial charge in [-0.1, -0.05) is 5.16 Å². The molecule has 0 N–H and O–H groups in total. The lowest BCUT2D eigenvalue weighted by Crippen LogP contribution is -1.92. The Morgan fingerprint density at radius 3 is 2.62 bits per heavy atom. The Balaban J connectivity index is 2.52. The summed E-state index contributed by atoms with van der Waals surface area (Å²) in [7, 11) is 1.90. The van der Waals surface area contributed by atoms with Crippen LogP contribution in [0.4, 0.5) is 0 Å². The number of rotatable bonds is 1. The Hall–Kier alpha value is -1.58. The van der Waals surface area contributed by atoms with E-state index in [1.165, 1.54) is 0 Å². The average molecular weight is 177 g/mol. The molecule has 0 aliphatic rings. The van der Waals surface area contributed by atoms with Crippen LogP contribution in [0.1, 0.15) is 11.4 Å². The highest BCUT2D eigenvalue weighted by atomic mass is 16.5. The summed E-state index contributed by atoms with van der Waals surface area (Å²) in [6, 6.07) is 1.91. The Labute approximate surface area is 76.2 Å². The number of hydrogen-bond acceptors (Lipinski definition) is 3. The van der Waals surface area contributed by atoms with Gasteiger partial charge in [-0.3, -0.25) is 4.68 Å². The van der Waals surface area contributed by atoms with E-state index in [9.17, 15) is 0 Å². The van der Waals surface area contributed by atoms with Gasteiger partial charge in [-0.05, 0) is 13.8 Å². The molecule has 0 unspecified atom stereocenters. The maximum atomic E-state index is 5.14. The first-order valence-electron chi connectivity index (χ1n) is 4.11. The zero-order valence-corrected chi connectivity index (χ0v) is 7.90. The zero-order chi connectivity index (χ0) is 9.42. The van der Waals surface area contributed by atoms with E-state index < -0.39 is 0 Å². The fourth-order valence-corrected chi connectivity index (χ4v) is 1.23. The zero-order valence-electron chi connectivity index (χ0n) is 7.90. The van der Waals surface area contributed by atoms with Gasteiger partial charge < -0.3 is 4.52 Å². The summed E-state index contributed by atoms with van der Waals surface area (Å²) in [4.78, 5) is 0. The highest BCUT2D eigenvalue weighted by Crippen LogP contribution is 2.22. The number of aromatic nitrogens is 3. The molecule has 0 aliphatic heterocycles. The summed E-state index contributed by atoms with van der Waals surface area (Å²) >= 11 is 0. The van der Waals surface area contributed by atoms with Crippen molar-refractivity contribution in [2.75, 3.05) is 0 Å². The Kier molecular flexibility index (Phi) is 1.69. The van der Waals surface area contributed by atoms with E-state index in [-0.39, 0.29) is 0 Å². The molecule has 4 nitrogen and oxygen atoms in total. The van der Waals surface area contributed by atoms with Gasteiger partial charge in [-0.25, -0.2) is 0 Å². The van der Waals surface area contributed by atoms with Gasteiger partial charge >= 0.3 is 0 Å². The molecule has 0 saturated carbocycles. The molecule has 0 atom stereocenters. The Morgan fingerprint density at radius 1 is 1.38 bits per heavy atom. The molecule has 2 aromatic rings. The summed E-state index contributed by atoms with van der Waals surface area (Å²) in [5, 5.41) is 7.96. The van der Waals surface area contributed by atoms with Gasteiger partial charge in [0.2, 0.25) is 0 Å². The van der Waals surface area contributed by atoms with Crippen LogP contribution in [0.2, 0.25) is 0 Å². The van der Waals surface area contributed by atoms with Crippen LogP contribution in [-0.2, 0) is 7.05 Å². The predicted octanol–water partition coefficient (Wildman–Crippen LogP) is 1.69.